The fraction of sp³-hybridized carbons (Fsp3) is 0.263. The summed E-state index contributed by atoms with van der Waals surface area (Å²) in [6, 6.07) is 10.0. The lowest BCUT2D eigenvalue weighted by Gasteiger charge is -2.23. The number of amides is 1. The van der Waals surface area contributed by atoms with Gasteiger partial charge in [0.2, 0.25) is 5.91 Å². The number of benzene rings is 1. The molecule has 1 aliphatic heterocycles. The molecule has 1 N–H and O–H groups in total. The van der Waals surface area contributed by atoms with Crippen LogP contribution in [-0.2, 0) is 4.79 Å². The molecule has 1 amide bonds. The molecular formula is C19H18FN3O2. The number of nitrogens with one attached hydrogen (secondary N) is 1. The molecule has 0 radical (unpaired) electrons. The van der Waals surface area contributed by atoms with E-state index in [0.717, 1.165) is 16.9 Å². The second-order valence-corrected chi connectivity index (χ2v) is 6.50. The van der Waals surface area contributed by atoms with E-state index in [1.54, 1.807) is 18.3 Å². The molecular weight excluding hydrogens is 321 g/mol. The first-order valence-electron chi connectivity index (χ1n) is 8.26. The molecule has 0 spiro atoms. The molecule has 3 aromatic rings. The number of furan rings is 1. The summed E-state index contributed by atoms with van der Waals surface area (Å²) in [4.78, 5) is 12.2. The van der Waals surface area contributed by atoms with Crippen LogP contribution in [-0.4, -0.2) is 15.7 Å². The number of hydrogen-bond donors (Lipinski definition) is 1. The molecule has 25 heavy (non-hydrogen) atoms. The van der Waals surface area contributed by atoms with Crippen LogP contribution < -0.4 is 5.32 Å². The maximum atomic E-state index is 13.1. The molecule has 128 valence electrons. The number of halogens is 1. The molecule has 6 heteroatoms. The molecule has 1 unspecified atom stereocenters. The van der Waals surface area contributed by atoms with Gasteiger partial charge in [0.1, 0.15) is 23.2 Å². The molecule has 0 fully saturated rings. The lowest BCUT2D eigenvalue weighted by Crippen LogP contribution is -2.25. The quantitative estimate of drug-likeness (QED) is 0.772. The highest BCUT2D eigenvalue weighted by atomic mass is 19.1. The number of carbonyl (C=O) groups excluding carboxylic acids is 1. The molecule has 0 bridgehead atoms. The van der Waals surface area contributed by atoms with Crippen LogP contribution in [0.1, 0.15) is 43.6 Å². The van der Waals surface area contributed by atoms with E-state index >= 15 is 0 Å². The van der Waals surface area contributed by atoms with Gasteiger partial charge in [-0.1, -0.05) is 0 Å². The first kappa shape index (κ1) is 15.6. The lowest BCUT2D eigenvalue weighted by atomic mass is 9.92. The number of carbonyl (C=O) groups is 1. The number of hydrogen-bond acceptors (Lipinski definition) is 3. The number of nitrogens with zero attached hydrogens (tertiary/aromatic N) is 2. The fourth-order valence-corrected chi connectivity index (χ4v) is 3.19. The van der Waals surface area contributed by atoms with Crippen molar-refractivity contribution < 1.29 is 13.6 Å². The summed E-state index contributed by atoms with van der Waals surface area (Å²) < 4.78 is 20.9. The topological polar surface area (TPSA) is 60.1 Å². The zero-order chi connectivity index (χ0) is 17.6. The van der Waals surface area contributed by atoms with Gasteiger partial charge >= 0.3 is 0 Å². The number of aromatic nitrogens is 2. The highest BCUT2D eigenvalue weighted by Crippen LogP contribution is 2.39. The number of rotatable bonds is 3. The number of fused-ring (bicyclic) bond motifs is 1. The van der Waals surface area contributed by atoms with E-state index in [1.165, 1.54) is 12.1 Å². The monoisotopic (exact) mass is 339 g/mol. The molecule has 2 aromatic heterocycles. The molecule has 0 aliphatic carbocycles. The van der Waals surface area contributed by atoms with Gasteiger partial charge in [0, 0.05) is 23.6 Å². The lowest BCUT2D eigenvalue weighted by molar-refractivity contribution is -0.116. The van der Waals surface area contributed by atoms with E-state index in [-0.39, 0.29) is 23.7 Å². The summed E-state index contributed by atoms with van der Waals surface area (Å²) in [6.07, 6.45) is 2.10. The second kappa shape index (κ2) is 5.88. The minimum Gasteiger partial charge on any atom is -0.460 e. The van der Waals surface area contributed by atoms with E-state index in [2.05, 4.69) is 10.4 Å². The maximum Gasteiger partial charge on any atom is 0.226 e. The van der Waals surface area contributed by atoms with Gasteiger partial charge in [-0.15, -0.1) is 0 Å². The van der Waals surface area contributed by atoms with Crippen LogP contribution in [0.3, 0.4) is 0 Å². The van der Waals surface area contributed by atoms with Gasteiger partial charge < -0.3 is 9.73 Å². The van der Waals surface area contributed by atoms with Gasteiger partial charge in [-0.3, -0.25) is 4.79 Å². The van der Waals surface area contributed by atoms with Gasteiger partial charge in [-0.05, 0) is 50.2 Å². The summed E-state index contributed by atoms with van der Waals surface area (Å²) in [5, 5.41) is 7.31. The fourth-order valence-electron chi connectivity index (χ4n) is 3.19. The summed E-state index contributed by atoms with van der Waals surface area (Å²) >= 11 is 0. The molecule has 3 heterocycles. The van der Waals surface area contributed by atoms with Crippen LogP contribution in [0.2, 0.25) is 0 Å². The molecule has 1 aromatic carbocycles. The van der Waals surface area contributed by atoms with Crippen LogP contribution in [0, 0.1) is 5.82 Å². The predicted molar refractivity (Wildman–Crippen MR) is 91.8 cm³/mol. The third-order valence-corrected chi connectivity index (χ3v) is 4.43. The van der Waals surface area contributed by atoms with Crippen molar-refractivity contribution in [1.29, 1.82) is 0 Å². The zero-order valence-electron chi connectivity index (χ0n) is 14.0. The molecule has 5 nitrogen and oxygen atoms in total. The summed E-state index contributed by atoms with van der Waals surface area (Å²) in [7, 11) is 0. The summed E-state index contributed by atoms with van der Waals surface area (Å²) in [6.45, 7) is 4.03. The highest BCUT2D eigenvalue weighted by molar-refractivity contribution is 5.94. The Bertz CT molecular complexity index is 925. The predicted octanol–water partition coefficient (Wildman–Crippen LogP) is 4.34. The van der Waals surface area contributed by atoms with E-state index in [0.29, 0.717) is 17.9 Å². The van der Waals surface area contributed by atoms with Crippen molar-refractivity contribution in [3.8, 4) is 11.3 Å². The van der Waals surface area contributed by atoms with Crippen molar-refractivity contribution >= 4 is 11.7 Å². The normalized spacial score (nSPS) is 16.8. The Morgan fingerprint density at radius 2 is 2.00 bits per heavy atom. The van der Waals surface area contributed by atoms with Crippen molar-refractivity contribution in [3.05, 3.63) is 59.7 Å². The summed E-state index contributed by atoms with van der Waals surface area (Å²) in [5.41, 5.74) is 1.75. The first-order valence-corrected chi connectivity index (χ1v) is 8.26. The van der Waals surface area contributed by atoms with Gasteiger partial charge in [-0.2, -0.15) is 5.10 Å². The van der Waals surface area contributed by atoms with Gasteiger partial charge in [0.15, 0.2) is 0 Å². The first-order chi connectivity index (χ1) is 12.0. The van der Waals surface area contributed by atoms with Crippen LogP contribution >= 0.6 is 0 Å². The Morgan fingerprint density at radius 1 is 1.24 bits per heavy atom. The Balaban J connectivity index is 1.71. The Morgan fingerprint density at radius 3 is 2.72 bits per heavy atom. The Kier molecular flexibility index (Phi) is 3.67. The molecule has 4 rings (SSSR count). The van der Waals surface area contributed by atoms with E-state index in [4.69, 9.17) is 4.42 Å². The van der Waals surface area contributed by atoms with Crippen molar-refractivity contribution in [2.45, 2.75) is 32.2 Å². The van der Waals surface area contributed by atoms with Gasteiger partial charge in [0.05, 0.1) is 12.1 Å². The van der Waals surface area contributed by atoms with Gasteiger partial charge in [-0.25, -0.2) is 9.07 Å². The van der Waals surface area contributed by atoms with Crippen molar-refractivity contribution in [2.24, 2.45) is 0 Å². The third-order valence-electron chi connectivity index (χ3n) is 4.43. The minimum atomic E-state index is -0.287. The van der Waals surface area contributed by atoms with Crippen LogP contribution in [0.4, 0.5) is 10.2 Å². The van der Waals surface area contributed by atoms with Crippen LogP contribution in [0.5, 0.6) is 0 Å². The third kappa shape index (κ3) is 2.73. The average molecular weight is 339 g/mol. The molecule has 1 aliphatic rings. The van der Waals surface area contributed by atoms with E-state index in [1.807, 2.05) is 30.7 Å². The smallest absolute Gasteiger partial charge is 0.226 e. The average Bonchev–Trinajstić information content (AvgIpc) is 3.21. The molecule has 0 saturated heterocycles. The van der Waals surface area contributed by atoms with Crippen LogP contribution in [0.15, 0.2) is 47.0 Å². The Labute approximate surface area is 144 Å². The maximum absolute atomic E-state index is 13.1. The highest BCUT2D eigenvalue weighted by Gasteiger charge is 2.32. The molecule has 0 saturated carbocycles. The van der Waals surface area contributed by atoms with E-state index in [9.17, 15) is 9.18 Å². The molecule has 1 atom stereocenters. The Hall–Kier alpha value is -2.89. The summed E-state index contributed by atoms with van der Waals surface area (Å²) in [5.74, 6) is 1.57. The zero-order valence-corrected chi connectivity index (χ0v) is 14.0. The van der Waals surface area contributed by atoms with Crippen molar-refractivity contribution in [1.82, 2.24) is 9.78 Å². The minimum absolute atomic E-state index is 0.0559. The number of anilines is 1. The van der Waals surface area contributed by atoms with Crippen molar-refractivity contribution in [2.75, 3.05) is 5.32 Å². The van der Waals surface area contributed by atoms with Crippen molar-refractivity contribution in [3.63, 3.8) is 0 Å². The van der Waals surface area contributed by atoms with Gasteiger partial charge in [0.25, 0.3) is 0 Å². The largest absolute Gasteiger partial charge is 0.460 e. The van der Waals surface area contributed by atoms with Crippen LogP contribution in [0.25, 0.3) is 11.3 Å². The second-order valence-electron chi connectivity index (χ2n) is 6.50. The standard InChI is InChI=1S/C19H18FN3O2/c1-11(2)23-19-15(10-21-23)14(9-18(24)22-19)17-8-7-16(25-17)12-3-5-13(20)6-4-12/h3-8,10-11,14H,9H2,1-2H3,(H,22,24). The van der Waals surface area contributed by atoms with E-state index < -0.39 is 0 Å². The SMILES string of the molecule is CC(C)n1ncc2c1NC(=O)CC2c1ccc(-c2ccc(F)cc2)o1.